The van der Waals surface area contributed by atoms with Crippen molar-refractivity contribution in [1.29, 1.82) is 0 Å². The van der Waals surface area contributed by atoms with Crippen LogP contribution in [0.4, 0.5) is 0 Å². The summed E-state index contributed by atoms with van der Waals surface area (Å²) in [5, 5.41) is 0. The molecule has 0 amide bonds. The Hall–Kier alpha value is -0.660. The second-order valence-electron chi connectivity index (χ2n) is 5.46. The van der Waals surface area contributed by atoms with E-state index in [0.717, 1.165) is 12.8 Å². The first-order chi connectivity index (χ1) is 7.46. The first kappa shape index (κ1) is 13.4. The van der Waals surface area contributed by atoms with Crippen molar-refractivity contribution in [2.75, 3.05) is 0 Å². The summed E-state index contributed by atoms with van der Waals surface area (Å²) in [7, 11) is 0. The fourth-order valence-electron chi connectivity index (χ4n) is 3.14. The van der Waals surface area contributed by atoms with Gasteiger partial charge >= 0.3 is 0 Å². The Morgan fingerprint density at radius 3 is 1.69 bits per heavy atom. The summed E-state index contributed by atoms with van der Waals surface area (Å²) < 4.78 is 0. The zero-order chi connectivity index (χ0) is 12.3. The molecule has 0 N–H and O–H groups in total. The third-order valence-corrected chi connectivity index (χ3v) is 4.63. The second-order valence-corrected chi connectivity index (χ2v) is 5.46. The molecule has 92 valence electrons. The van der Waals surface area contributed by atoms with Crippen molar-refractivity contribution in [3.05, 3.63) is 0 Å². The quantitative estimate of drug-likeness (QED) is 0.686. The van der Waals surface area contributed by atoms with Crippen LogP contribution in [0.3, 0.4) is 0 Å². The number of hydrogen-bond donors (Lipinski definition) is 0. The Kier molecular flexibility index (Phi) is 4.28. The lowest BCUT2D eigenvalue weighted by molar-refractivity contribution is -0.138. The van der Waals surface area contributed by atoms with Gasteiger partial charge in [0.2, 0.25) is 0 Å². The molecule has 1 rings (SSSR count). The minimum absolute atomic E-state index is 0.0596. The van der Waals surface area contributed by atoms with Crippen molar-refractivity contribution < 1.29 is 9.59 Å². The largest absolute Gasteiger partial charge is 0.299 e. The predicted octanol–water partition coefficient (Wildman–Crippen LogP) is 3.39. The Labute approximate surface area is 98.8 Å². The zero-order valence-corrected chi connectivity index (χ0v) is 11.0. The number of carbonyl (C=O) groups is 2. The molecule has 2 nitrogen and oxygen atoms in total. The van der Waals surface area contributed by atoms with Gasteiger partial charge < -0.3 is 0 Å². The van der Waals surface area contributed by atoms with Crippen molar-refractivity contribution in [1.82, 2.24) is 0 Å². The third kappa shape index (κ3) is 2.36. The molecular formula is C14H24O2. The molecule has 0 bridgehead atoms. The SMILES string of the molecule is CCC(C)C1(C(C)CC)CC(=O)CC(=O)C1. The van der Waals surface area contributed by atoms with E-state index in [0.29, 0.717) is 24.7 Å². The van der Waals surface area contributed by atoms with Gasteiger partial charge in [-0.25, -0.2) is 0 Å². The predicted molar refractivity (Wildman–Crippen MR) is 65.2 cm³/mol. The van der Waals surface area contributed by atoms with Crippen LogP contribution in [0, 0.1) is 17.3 Å². The summed E-state index contributed by atoms with van der Waals surface area (Å²) >= 11 is 0. The lowest BCUT2D eigenvalue weighted by atomic mass is 9.58. The van der Waals surface area contributed by atoms with Crippen molar-refractivity contribution in [3.63, 3.8) is 0 Å². The summed E-state index contributed by atoms with van der Waals surface area (Å²) in [5.41, 5.74) is -0.0596. The van der Waals surface area contributed by atoms with Gasteiger partial charge in [0.25, 0.3) is 0 Å². The van der Waals surface area contributed by atoms with E-state index in [-0.39, 0.29) is 23.4 Å². The lowest BCUT2D eigenvalue weighted by Crippen LogP contribution is -2.43. The third-order valence-electron chi connectivity index (χ3n) is 4.63. The minimum Gasteiger partial charge on any atom is -0.299 e. The van der Waals surface area contributed by atoms with Crippen molar-refractivity contribution in [3.8, 4) is 0 Å². The molecule has 2 unspecified atom stereocenters. The molecule has 0 aliphatic heterocycles. The molecule has 1 aliphatic carbocycles. The highest BCUT2D eigenvalue weighted by Gasteiger charge is 2.45. The molecule has 0 saturated heterocycles. The summed E-state index contributed by atoms with van der Waals surface area (Å²) in [6, 6.07) is 0. The Morgan fingerprint density at radius 2 is 1.38 bits per heavy atom. The van der Waals surface area contributed by atoms with E-state index < -0.39 is 0 Å². The molecular weight excluding hydrogens is 200 g/mol. The first-order valence-corrected chi connectivity index (χ1v) is 6.49. The fraction of sp³-hybridized carbons (Fsp3) is 0.857. The number of hydrogen-bond acceptors (Lipinski definition) is 2. The average molecular weight is 224 g/mol. The molecule has 0 aromatic carbocycles. The van der Waals surface area contributed by atoms with Gasteiger partial charge in [-0.15, -0.1) is 0 Å². The van der Waals surface area contributed by atoms with E-state index >= 15 is 0 Å². The normalized spacial score (nSPS) is 24.2. The van der Waals surface area contributed by atoms with Crippen LogP contribution in [0.5, 0.6) is 0 Å². The molecule has 1 aliphatic rings. The summed E-state index contributed by atoms with van der Waals surface area (Å²) in [6.07, 6.45) is 3.50. The second kappa shape index (κ2) is 5.11. The number of carbonyl (C=O) groups excluding carboxylic acids is 2. The number of ketones is 2. The molecule has 2 heteroatoms. The summed E-state index contributed by atoms with van der Waals surface area (Å²) in [5.74, 6) is 1.21. The Morgan fingerprint density at radius 1 is 1.00 bits per heavy atom. The van der Waals surface area contributed by atoms with Crippen LogP contribution in [-0.4, -0.2) is 11.6 Å². The number of rotatable bonds is 4. The molecule has 0 radical (unpaired) electrons. The molecule has 1 fully saturated rings. The van der Waals surface area contributed by atoms with E-state index in [9.17, 15) is 9.59 Å². The molecule has 16 heavy (non-hydrogen) atoms. The van der Waals surface area contributed by atoms with Crippen molar-refractivity contribution in [2.45, 2.75) is 59.8 Å². The first-order valence-electron chi connectivity index (χ1n) is 6.49. The van der Waals surface area contributed by atoms with E-state index in [1.165, 1.54) is 0 Å². The van der Waals surface area contributed by atoms with Crippen molar-refractivity contribution in [2.24, 2.45) is 17.3 Å². The highest BCUT2D eigenvalue weighted by atomic mass is 16.1. The van der Waals surface area contributed by atoms with Gasteiger partial charge in [0.05, 0.1) is 6.42 Å². The fourth-order valence-corrected chi connectivity index (χ4v) is 3.14. The molecule has 0 spiro atoms. The van der Waals surface area contributed by atoms with Crippen LogP contribution in [0.1, 0.15) is 59.8 Å². The molecule has 0 heterocycles. The summed E-state index contributed by atoms with van der Waals surface area (Å²) in [6.45, 7) is 8.69. The van der Waals surface area contributed by atoms with Gasteiger partial charge in [-0.05, 0) is 17.3 Å². The van der Waals surface area contributed by atoms with Gasteiger partial charge in [-0.1, -0.05) is 40.5 Å². The topological polar surface area (TPSA) is 34.1 Å². The smallest absolute Gasteiger partial charge is 0.140 e. The number of Topliss-reactive ketones (excluding diaryl/α,β-unsaturated/α-hetero) is 2. The van der Waals surface area contributed by atoms with E-state index in [1.807, 2.05) is 0 Å². The highest BCUT2D eigenvalue weighted by Crippen LogP contribution is 2.48. The van der Waals surface area contributed by atoms with Crippen molar-refractivity contribution >= 4 is 11.6 Å². The molecule has 1 saturated carbocycles. The zero-order valence-electron chi connectivity index (χ0n) is 11.0. The van der Waals surface area contributed by atoms with Crippen LogP contribution < -0.4 is 0 Å². The Balaban J connectivity index is 3.02. The molecule has 0 aromatic rings. The van der Waals surface area contributed by atoms with E-state index in [1.54, 1.807) is 0 Å². The van der Waals surface area contributed by atoms with Gasteiger partial charge in [-0.3, -0.25) is 9.59 Å². The van der Waals surface area contributed by atoms with Crippen LogP contribution in [0.15, 0.2) is 0 Å². The average Bonchev–Trinajstić information content (AvgIpc) is 2.25. The van der Waals surface area contributed by atoms with Crippen LogP contribution in [0.2, 0.25) is 0 Å². The minimum atomic E-state index is -0.0596. The Bertz CT molecular complexity index is 252. The van der Waals surface area contributed by atoms with E-state index in [4.69, 9.17) is 0 Å². The lowest BCUT2D eigenvalue weighted by Gasteiger charge is -2.45. The molecule has 2 atom stereocenters. The maximum Gasteiger partial charge on any atom is 0.140 e. The van der Waals surface area contributed by atoms with Gasteiger partial charge in [-0.2, -0.15) is 0 Å². The van der Waals surface area contributed by atoms with Gasteiger partial charge in [0.1, 0.15) is 11.6 Å². The highest BCUT2D eigenvalue weighted by molar-refractivity contribution is 6.02. The van der Waals surface area contributed by atoms with Gasteiger partial charge in [0, 0.05) is 12.8 Å². The van der Waals surface area contributed by atoms with Crippen LogP contribution in [-0.2, 0) is 9.59 Å². The maximum atomic E-state index is 11.7. The van der Waals surface area contributed by atoms with Gasteiger partial charge in [0.15, 0.2) is 0 Å². The van der Waals surface area contributed by atoms with Crippen LogP contribution in [0.25, 0.3) is 0 Å². The van der Waals surface area contributed by atoms with E-state index in [2.05, 4.69) is 27.7 Å². The van der Waals surface area contributed by atoms with Crippen LogP contribution >= 0.6 is 0 Å². The monoisotopic (exact) mass is 224 g/mol. The standard InChI is InChI=1S/C14H24O2/c1-5-10(3)14(11(4)6-2)8-12(15)7-13(16)9-14/h10-11H,5-9H2,1-4H3. The maximum absolute atomic E-state index is 11.7. The molecule has 0 aromatic heterocycles. The summed E-state index contributed by atoms with van der Waals surface area (Å²) in [4.78, 5) is 23.4.